The average molecular weight is 282 g/mol. The van der Waals surface area contributed by atoms with Gasteiger partial charge in [0, 0.05) is 12.6 Å². The molecule has 5 nitrogen and oxygen atoms in total. The Morgan fingerprint density at radius 3 is 2.74 bits per heavy atom. The van der Waals surface area contributed by atoms with Crippen molar-refractivity contribution in [3.63, 3.8) is 0 Å². The van der Waals surface area contributed by atoms with Crippen LogP contribution >= 0.6 is 11.3 Å². The van der Waals surface area contributed by atoms with Crippen LogP contribution < -0.4 is 0 Å². The first kappa shape index (κ1) is 14.0. The highest BCUT2D eigenvalue weighted by atomic mass is 32.1. The molecular formula is C13H18N2O3S. The van der Waals surface area contributed by atoms with E-state index in [-0.39, 0.29) is 11.9 Å². The van der Waals surface area contributed by atoms with Crippen molar-refractivity contribution in [3.8, 4) is 0 Å². The van der Waals surface area contributed by atoms with Crippen LogP contribution in [0.3, 0.4) is 0 Å². The van der Waals surface area contributed by atoms with Crippen molar-refractivity contribution in [1.29, 1.82) is 0 Å². The number of rotatable bonds is 3. The second-order valence-electron chi connectivity index (χ2n) is 4.97. The van der Waals surface area contributed by atoms with Crippen molar-refractivity contribution in [2.24, 2.45) is 0 Å². The van der Waals surface area contributed by atoms with E-state index in [0.29, 0.717) is 17.8 Å². The van der Waals surface area contributed by atoms with Crippen LogP contribution in [-0.2, 0) is 4.79 Å². The fourth-order valence-electron chi connectivity index (χ4n) is 2.43. The minimum absolute atomic E-state index is 0.167. The molecule has 1 aliphatic heterocycles. The summed E-state index contributed by atoms with van der Waals surface area (Å²) in [6.07, 6.45) is 1.30. The van der Waals surface area contributed by atoms with E-state index in [0.717, 1.165) is 6.42 Å². The van der Waals surface area contributed by atoms with Crippen molar-refractivity contribution in [2.75, 3.05) is 20.6 Å². The molecule has 2 atom stereocenters. The lowest BCUT2D eigenvalue weighted by Gasteiger charge is -2.39. The van der Waals surface area contributed by atoms with E-state index < -0.39 is 12.0 Å². The third kappa shape index (κ3) is 2.96. The maximum Gasteiger partial charge on any atom is 0.326 e. The Bertz CT molecular complexity index is 458. The number of carbonyl (C=O) groups is 2. The van der Waals surface area contributed by atoms with Gasteiger partial charge < -0.3 is 14.9 Å². The topological polar surface area (TPSA) is 60.9 Å². The number of hydrogen-bond donors (Lipinski definition) is 1. The Labute approximate surface area is 116 Å². The van der Waals surface area contributed by atoms with Gasteiger partial charge in [-0.3, -0.25) is 4.79 Å². The number of nitrogens with zero attached hydrogens (tertiary/aromatic N) is 2. The first-order chi connectivity index (χ1) is 9.00. The van der Waals surface area contributed by atoms with E-state index in [9.17, 15) is 14.7 Å². The van der Waals surface area contributed by atoms with Gasteiger partial charge in [0.1, 0.15) is 6.04 Å². The van der Waals surface area contributed by atoms with Gasteiger partial charge in [0.2, 0.25) is 0 Å². The van der Waals surface area contributed by atoms with E-state index in [1.807, 2.05) is 24.4 Å². The van der Waals surface area contributed by atoms with E-state index in [2.05, 4.69) is 0 Å². The molecule has 0 saturated carbocycles. The molecule has 0 aromatic carbocycles. The fourth-order valence-corrected chi connectivity index (χ4v) is 3.11. The minimum Gasteiger partial charge on any atom is -0.480 e. The molecule has 6 heteroatoms. The molecule has 19 heavy (non-hydrogen) atoms. The highest BCUT2D eigenvalue weighted by Crippen LogP contribution is 2.24. The lowest BCUT2D eigenvalue weighted by Crippen LogP contribution is -2.53. The first-order valence-corrected chi connectivity index (χ1v) is 7.12. The number of carboxylic acid groups (broad SMARTS) is 1. The Hall–Kier alpha value is -1.40. The number of aliphatic carboxylic acids is 1. The predicted molar refractivity (Wildman–Crippen MR) is 73.5 cm³/mol. The molecule has 2 rings (SSSR count). The van der Waals surface area contributed by atoms with Gasteiger partial charge in [-0.15, -0.1) is 11.3 Å². The van der Waals surface area contributed by atoms with Gasteiger partial charge in [0.25, 0.3) is 5.91 Å². The molecular weight excluding hydrogens is 264 g/mol. The molecule has 1 N–H and O–H groups in total. The van der Waals surface area contributed by atoms with Crippen molar-refractivity contribution in [2.45, 2.75) is 24.9 Å². The summed E-state index contributed by atoms with van der Waals surface area (Å²) < 4.78 is 0. The number of carbonyl (C=O) groups excluding carboxylic acids is 1. The summed E-state index contributed by atoms with van der Waals surface area (Å²) in [7, 11) is 3.89. The zero-order valence-corrected chi connectivity index (χ0v) is 11.9. The van der Waals surface area contributed by atoms with E-state index in [1.165, 1.54) is 16.2 Å². The van der Waals surface area contributed by atoms with Gasteiger partial charge in [-0.05, 0) is 38.4 Å². The molecule has 0 radical (unpaired) electrons. The molecule has 1 saturated heterocycles. The van der Waals surface area contributed by atoms with Gasteiger partial charge in [-0.1, -0.05) is 6.07 Å². The van der Waals surface area contributed by atoms with Crippen molar-refractivity contribution in [1.82, 2.24) is 9.80 Å². The predicted octanol–water partition coefficient (Wildman–Crippen LogP) is 1.37. The summed E-state index contributed by atoms with van der Waals surface area (Å²) in [6, 6.07) is 3.04. The number of likely N-dealkylation sites (tertiary alicyclic amines) is 1. The van der Waals surface area contributed by atoms with Crippen LogP contribution in [0.25, 0.3) is 0 Å². The SMILES string of the molecule is CN(C)[C@H]1CCN(C(=O)c2cccs2)[C@@H](C(=O)O)C1. The van der Waals surface area contributed by atoms with E-state index >= 15 is 0 Å². The number of thiophene rings is 1. The lowest BCUT2D eigenvalue weighted by molar-refractivity contribution is -0.144. The van der Waals surface area contributed by atoms with Crippen LogP contribution in [0.1, 0.15) is 22.5 Å². The molecule has 0 unspecified atom stereocenters. The molecule has 2 heterocycles. The molecule has 0 spiro atoms. The summed E-state index contributed by atoms with van der Waals surface area (Å²) in [5.74, 6) is -1.09. The molecule has 0 bridgehead atoms. The van der Waals surface area contributed by atoms with Crippen LogP contribution in [0.5, 0.6) is 0 Å². The standard InChI is InChI=1S/C13H18N2O3S/c1-14(2)9-5-6-15(10(8-9)13(17)18)12(16)11-4-3-7-19-11/h3-4,7,9-10H,5-6,8H2,1-2H3,(H,17,18)/t9-,10+/m0/s1. The molecule has 1 aromatic rings. The summed E-state index contributed by atoms with van der Waals surface area (Å²) >= 11 is 1.35. The quantitative estimate of drug-likeness (QED) is 0.909. The summed E-state index contributed by atoms with van der Waals surface area (Å²) in [6.45, 7) is 0.497. The maximum absolute atomic E-state index is 12.3. The van der Waals surface area contributed by atoms with Crippen LogP contribution in [-0.4, -0.2) is 59.5 Å². The van der Waals surface area contributed by atoms with Crippen LogP contribution in [0.2, 0.25) is 0 Å². The molecule has 1 aromatic heterocycles. The molecule has 0 aliphatic carbocycles. The summed E-state index contributed by atoms with van der Waals surface area (Å²) in [4.78, 5) is 27.8. The number of hydrogen-bond acceptors (Lipinski definition) is 4. The van der Waals surface area contributed by atoms with Crippen LogP contribution in [0, 0.1) is 0 Å². The molecule has 1 fully saturated rings. The monoisotopic (exact) mass is 282 g/mol. The number of amides is 1. The van der Waals surface area contributed by atoms with Crippen LogP contribution in [0.4, 0.5) is 0 Å². The first-order valence-electron chi connectivity index (χ1n) is 6.24. The zero-order valence-electron chi connectivity index (χ0n) is 11.1. The van der Waals surface area contributed by atoms with Gasteiger partial charge in [0.05, 0.1) is 4.88 Å². The zero-order chi connectivity index (χ0) is 14.0. The van der Waals surface area contributed by atoms with Crippen LogP contribution in [0.15, 0.2) is 17.5 Å². The Balaban J connectivity index is 2.16. The Morgan fingerprint density at radius 2 is 2.21 bits per heavy atom. The third-order valence-electron chi connectivity index (χ3n) is 3.58. The van der Waals surface area contributed by atoms with Gasteiger partial charge in [-0.25, -0.2) is 4.79 Å². The lowest BCUT2D eigenvalue weighted by atomic mass is 9.96. The summed E-state index contributed by atoms with van der Waals surface area (Å²) in [5, 5.41) is 11.2. The minimum atomic E-state index is -0.920. The van der Waals surface area contributed by atoms with Gasteiger partial charge in [0.15, 0.2) is 0 Å². The second-order valence-corrected chi connectivity index (χ2v) is 5.92. The second kappa shape index (κ2) is 5.71. The van der Waals surface area contributed by atoms with Crippen molar-refractivity contribution in [3.05, 3.63) is 22.4 Å². The number of piperidine rings is 1. The third-order valence-corrected chi connectivity index (χ3v) is 4.44. The average Bonchev–Trinajstić information content (AvgIpc) is 2.90. The van der Waals surface area contributed by atoms with E-state index in [1.54, 1.807) is 12.1 Å². The Morgan fingerprint density at radius 1 is 1.47 bits per heavy atom. The smallest absolute Gasteiger partial charge is 0.326 e. The molecule has 1 aliphatic rings. The van der Waals surface area contributed by atoms with E-state index in [4.69, 9.17) is 0 Å². The molecule has 1 amide bonds. The Kier molecular flexibility index (Phi) is 4.21. The van der Waals surface area contributed by atoms with Crippen molar-refractivity contribution >= 4 is 23.2 Å². The van der Waals surface area contributed by atoms with Gasteiger partial charge in [-0.2, -0.15) is 0 Å². The van der Waals surface area contributed by atoms with Crippen molar-refractivity contribution < 1.29 is 14.7 Å². The van der Waals surface area contributed by atoms with Gasteiger partial charge >= 0.3 is 5.97 Å². The molecule has 104 valence electrons. The largest absolute Gasteiger partial charge is 0.480 e. The number of carboxylic acids is 1. The maximum atomic E-state index is 12.3. The normalized spacial score (nSPS) is 23.6. The highest BCUT2D eigenvalue weighted by molar-refractivity contribution is 7.12. The highest BCUT2D eigenvalue weighted by Gasteiger charge is 2.37. The summed E-state index contributed by atoms with van der Waals surface area (Å²) in [5.41, 5.74) is 0. The fraction of sp³-hybridized carbons (Fsp3) is 0.538.